The summed E-state index contributed by atoms with van der Waals surface area (Å²) in [7, 11) is 0. The van der Waals surface area contributed by atoms with Gasteiger partial charge in [-0.1, -0.05) is 26.0 Å². The molecule has 6 heteroatoms. The Hall–Kier alpha value is -2.70. The lowest BCUT2D eigenvalue weighted by Crippen LogP contribution is -2.50. The van der Waals surface area contributed by atoms with Crippen molar-refractivity contribution in [1.29, 1.82) is 10.8 Å². The molecule has 1 aliphatic heterocycles. The maximum atomic E-state index is 8.61. The highest BCUT2D eigenvalue weighted by Crippen LogP contribution is 2.37. The Kier molecular flexibility index (Phi) is 9.19. The zero-order valence-corrected chi connectivity index (χ0v) is 24.3. The topological polar surface area (TPSA) is 77.6 Å². The molecule has 1 aliphatic rings. The largest absolute Gasteiger partial charge is 0.323 e. The molecule has 0 bridgehead atoms. The SMILES string of the molecule is C=C(C)c1cc(-c2cnc(C(=N)/C=C\C(=N)CC3CC(C)(S)NC[C@@H]3C(C)C)c(C)c2)cn1C=C(C)C. The highest BCUT2D eigenvalue weighted by Gasteiger charge is 2.36. The Morgan fingerprint density at radius 3 is 2.54 bits per heavy atom. The Bertz CT molecular complexity index is 1240. The summed E-state index contributed by atoms with van der Waals surface area (Å²) in [5.41, 5.74) is 7.81. The van der Waals surface area contributed by atoms with Crippen LogP contribution in [0.1, 0.15) is 71.3 Å². The monoisotopic (exact) mass is 517 g/mol. The predicted octanol–water partition coefficient (Wildman–Crippen LogP) is 7.63. The number of piperidine rings is 1. The summed E-state index contributed by atoms with van der Waals surface area (Å²) in [6, 6.07) is 4.21. The number of nitrogens with one attached hydrogen (secondary N) is 3. The molecule has 0 amide bonds. The van der Waals surface area contributed by atoms with Crippen LogP contribution in [0.5, 0.6) is 0 Å². The van der Waals surface area contributed by atoms with Gasteiger partial charge in [-0.2, -0.15) is 12.6 Å². The van der Waals surface area contributed by atoms with Crippen LogP contribution in [-0.2, 0) is 0 Å². The molecule has 0 saturated carbocycles. The first-order chi connectivity index (χ1) is 17.3. The van der Waals surface area contributed by atoms with E-state index in [-0.39, 0.29) is 4.87 Å². The molecule has 2 aromatic heterocycles. The Morgan fingerprint density at radius 2 is 1.95 bits per heavy atom. The molecule has 0 aromatic carbocycles. The summed E-state index contributed by atoms with van der Waals surface area (Å²) in [4.78, 5) is 4.43. The van der Waals surface area contributed by atoms with Crippen molar-refractivity contribution < 1.29 is 0 Å². The van der Waals surface area contributed by atoms with Crippen LogP contribution in [-0.4, -0.2) is 32.4 Å². The average Bonchev–Trinajstić information content (AvgIpc) is 3.20. The first-order valence-electron chi connectivity index (χ1n) is 13.1. The summed E-state index contributed by atoms with van der Waals surface area (Å²) in [6.45, 7) is 19.8. The van der Waals surface area contributed by atoms with E-state index in [2.05, 4.69) is 80.6 Å². The summed E-state index contributed by atoms with van der Waals surface area (Å²) < 4.78 is 2.11. The first-order valence-corrected chi connectivity index (χ1v) is 13.5. The number of hydrogen-bond donors (Lipinski definition) is 4. The molecule has 1 saturated heterocycles. The molecule has 3 atom stereocenters. The molecule has 3 N–H and O–H groups in total. The molecule has 3 rings (SSSR count). The van der Waals surface area contributed by atoms with Gasteiger partial charge in [0, 0.05) is 41.1 Å². The van der Waals surface area contributed by atoms with Crippen molar-refractivity contribution in [2.75, 3.05) is 6.54 Å². The number of hydrogen-bond acceptors (Lipinski definition) is 5. The summed E-state index contributed by atoms with van der Waals surface area (Å²) in [5, 5.41) is 20.7. The Morgan fingerprint density at radius 1 is 1.24 bits per heavy atom. The summed E-state index contributed by atoms with van der Waals surface area (Å²) >= 11 is 4.77. The number of thiol groups is 1. The van der Waals surface area contributed by atoms with Crippen molar-refractivity contribution in [3.8, 4) is 11.1 Å². The van der Waals surface area contributed by atoms with E-state index in [1.165, 1.54) is 5.57 Å². The molecule has 2 unspecified atom stereocenters. The zero-order chi connectivity index (χ0) is 27.5. The minimum atomic E-state index is -0.201. The van der Waals surface area contributed by atoms with Gasteiger partial charge in [-0.25, -0.2) is 0 Å². The highest BCUT2D eigenvalue weighted by atomic mass is 32.1. The first kappa shape index (κ1) is 28.9. The van der Waals surface area contributed by atoms with Crippen LogP contribution in [0.15, 0.2) is 48.8 Å². The van der Waals surface area contributed by atoms with E-state index in [0.29, 0.717) is 41.3 Å². The average molecular weight is 518 g/mol. The van der Waals surface area contributed by atoms with E-state index < -0.39 is 0 Å². The van der Waals surface area contributed by atoms with Crippen molar-refractivity contribution >= 4 is 35.8 Å². The molecule has 0 spiro atoms. The molecule has 0 radical (unpaired) electrons. The lowest BCUT2D eigenvalue weighted by atomic mass is 9.74. The standard InChI is InChI=1S/C31H43N5S/c1-19(2)17-36-18-25(13-29(36)21(5)6)24-11-22(7)30(34-15-24)28(33)10-9-26(32)12-23-14-31(8,37)35-16-27(23)20(3)4/h9-11,13,15,17-18,20,23,27,32-33,35,37H,5,12,14,16H2,1-4,6-8H3/b10-9-,32-26?,33-28?/t23?,27-,31?/m1/s1. The molecule has 198 valence electrons. The Balaban J connectivity index is 1.74. The van der Waals surface area contributed by atoms with Gasteiger partial charge < -0.3 is 15.3 Å². The minimum Gasteiger partial charge on any atom is -0.323 e. The number of allylic oxidation sites excluding steroid dienone is 4. The summed E-state index contributed by atoms with van der Waals surface area (Å²) in [6.07, 6.45) is 11.1. The van der Waals surface area contributed by atoms with E-state index >= 15 is 0 Å². The van der Waals surface area contributed by atoms with Gasteiger partial charge in [0.15, 0.2) is 0 Å². The maximum absolute atomic E-state index is 8.61. The Labute approximate surface area is 228 Å². The van der Waals surface area contributed by atoms with Gasteiger partial charge >= 0.3 is 0 Å². The number of rotatable bonds is 9. The fraction of sp³-hybridized carbons (Fsp3) is 0.452. The number of aromatic nitrogens is 2. The van der Waals surface area contributed by atoms with Crippen LogP contribution in [0.4, 0.5) is 0 Å². The van der Waals surface area contributed by atoms with E-state index in [9.17, 15) is 0 Å². The summed E-state index contributed by atoms with van der Waals surface area (Å²) in [5.74, 6) is 1.46. The molecule has 1 fully saturated rings. The van der Waals surface area contributed by atoms with Crippen LogP contribution in [0.3, 0.4) is 0 Å². The molecule has 0 aliphatic carbocycles. The third kappa shape index (κ3) is 7.42. The smallest absolute Gasteiger partial charge is 0.0908 e. The van der Waals surface area contributed by atoms with Crippen LogP contribution in [0, 0.1) is 35.5 Å². The van der Waals surface area contributed by atoms with E-state index in [1.54, 1.807) is 12.2 Å². The quantitative estimate of drug-likeness (QED) is 0.204. The van der Waals surface area contributed by atoms with Gasteiger partial charge in [0.05, 0.1) is 16.3 Å². The fourth-order valence-electron chi connectivity index (χ4n) is 5.23. The van der Waals surface area contributed by atoms with E-state index in [1.807, 2.05) is 20.0 Å². The van der Waals surface area contributed by atoms with Crippen molar-refractivity contribution in [2.45, 2.75) is 66.2 Å². The van der Waals surface area contributed by atoms with E-state index in [0.717, 1.165) is 40.9 Å². The van der Waals surface area contributed by atoms with Crippen molar-refractivity contribution in [3.05, 3.63) is 65.8 Å². The lowest BCUT2D eigenvalue weighted by molar-refractivity contribution is 0.162. The zero-order valence-electron chi connectivity index (χ0n) is 23.4. The normalized spacial score (nSPS) is 21.9. The minimum absolute atomic E-state index is 0.201. The fourth-order valence-corrected chi connectivity index (χ4v) is 5.56. The second-order valence-electron chi connectivity index (χ2n) is 11.4. The molecule has 37 heavy (non-hydrogen) atoms. The highest BCUT2D eigenvalue weighted by molar-refractivity contribution is 7.81. The molecular formula is C31H43N5S. The third-order valence-corrected chi connectivity index (χ3v) is 7.46. The predicted molar refractivity (Wildman–Crippen MR) is 163 cm³/mol. The molecule has 5 nitrogen and oxygen atoms in total. The van der Waals surface area contributed by atoms with Crippen molar-refractivity contribution in [3.63, 3.8) is 0 Å². The molecular weight excluding hydrogens is 474 g/mol. The number of pyridine rings is 1. The van der Waals surface area contributed by atoms with Gasteiger partial charge in [-0.05, 0) is 107 Å². The molecule has 3 heterocycles. The van der Waals surface area contributed by atoms with Crippen LogP contribution >= 0.6 is 12.6 Å². The van der Waals surface area contributed by atoms with Crippen molar-refractivity contribution in [2.24, 2.45) is 17.8 Å². The second kappa shape index (κ2) is 11.8. The van der Waals surface area contributed by atoms with Crippen LogP contribution in [0.25, 0.3) is 22.9 Å². The van der Waals surface area contributed by atoms with Crippen molar-refractivity contribution in [1.82, 2.24) is 14.9 Å². The van der Waals surface area contributed by atoms with Gasteiger partial charge in [-0.15, -0.1) is 0 Å². The van der Waals surface area contributed by atoms with E-state index in [4.69, 9.17) is 23.4 Å². The van der Waals surface area contributed by atoms with Crippen LogP contribution < -0.4 is 5.32 Å². The van der Waals surface area contributed by atoms with Gasteiger partial charge in [0.1, 0.15) is 0 Å². The third-order valence-electron chi connectivity index (χ3n) is 7.12. The maximum Gasteiger partial charge on any atom is 0.0908 e. The number of nitrogens with zero attached hydrogens (tertiary/aromatic N) is 2. The molecule has 2 aromatic rings. The van der Waals surface area contributed by atoms with Gasteiger partial charge in [-0.3, -0.25) is 10.4 Å². The van der Waals surface area contributed by atoms with Gasteiger partial charge in [0.25, 0.3) is 0 Å². The lowest BCUT2D eigenvalue weighted by Gasteiger charge is -2.43. The van der Waals surface area contributed by atoms with Gasteiger partial charge in [0.2, 0.25) is 0 Å². The van der Waals surface area contributed by atoms with Crippen LogP contribution in [0.2, 0.25) is 0 Å². The number of aryl methyl sites for hydroxylation is 1. The second-order valence-corrected chi connectivity index (χ2v) is 12.4.